The molecular weight excluding hydrogens is 128 g/mol. The van der Waals surface area contributed by atoms with Gasteiger partial charge < -0.3 is 10.5 Å². The monoisotopic (exact) mass is 134 g/mol. The third-order valence-corrected chi connectivity index (χ3v) is 1.05. The molecule has 0 heterocycles. The molecular formula is C3H6N2O2S. The summed E-state index contributed by atoms with van der Waals surface area (Å²) in [7, 11) is 0. The highest BCUT2D eigenvalue weighted by Crippen LogP contribution is 1.90. The lowest BCUT2D eigenvalue weighted by atomic mass is 11.1. The predicted molar refractivity (Wildman–Crippen MR) is 31.9 cm³/mol. The van der Waals surface area contributed by atoms with Crippen LogP contribution in [0.2, 0.25) is 0 Å². The number of hydrogen-bond acceptors (Lipinski definition) is 4. The van der Waals surface area contributed by atoms with Gasteiger partial charge in [-0.05, 0) is 6.26 Å². The molecule has 0 aromatic carbocycles. The number of nitrogens with one attached hydrogen (secondary N) is 1. The molecule has 0 bridgehead atoms. The van der Waals surface area contributed by atoms with Crippen molar-refractivity contribution in [1.82, 2.24) is 5.32 Å². The Morgan fingerprint density at radius 1 is 2.00 bits per heavy atom. The quantitative estimate of drug-likeness (QED) is 0.172. The maximum Gasteiger partial charge on any atom is 0.213 e. The van der Waals surface area contributed by atoms with Gasteiger partial charge in [0, 0.05) is 0 Å². The van der Waals surface area contributed by atoms with Crippen LogP contribution in [-0.4, -0.2) is 23.0 Å². The molecule has 1 amide bonds. The van der Waals surface area contributed by atoms with E-state index in [9.17, 15) is 4.79 Å². The van der Waals surface area contributed by atoms with Crippen LogP contribution in [-0.2, 0) is 4.79 Å². The molecule has 0 rings (SSSR count). The molecule has 46 valence electrons. The molecule has 2 N–H and O–H groups in total. The Balaban J connectivity index is 3.53. The lowest BCUT2D eigenvalue weighted by Gasteiger charge is -1.92. The molecule has 0 unspecified atom stereocenters. The number of rotatable bonds is 1. The van der Waals surface area contributed by atoms with Gasteiger partial charge in [0.2, 0.25) is 11.6 Å². The second kappa shape index (κ2) is 4.45. The van der Waals surface area contributed by atoms with Crippen molar-refractivity contribution in [2.45, 2.75) is 0 Å². The average molecular weight is 134 g/mol. The minimum atomic E-state index is 0.194. The van der Waals surface area contributed by atoms with Crippen molar-refractivity contribution in [2.75, 3.05) is 6.26 Å². The highest BCUT2D eigenvalue weighted by atomic mass is 32.2. The third kappa shape index (κ3) is 2.46. The van der Waals surface area contributed by atoms with Crippen molar-refractivity contribution in [3.8, 4) is 0 Å². The van der Waals surface area contributed by atoms with E-state index in [4.69, 9.17) is 5.21 Å². The van der Waals surface area contributed by atoms with Gasteiger partial charge in [-0.3, -0.25) is 4.79 Å². The second-order valence-corrected chi connectivity index (χ2v) is 1.67. The lowest BCUT2D eigenvalue weighted by molar-refractivity contribution is -0.108. The van der Waals surface area contributed by atoms with Crippen LogP contribution >= 0.6 is 11.8 Å². The van der Waals surface area contributed by atoms with E-state index in [0.717, 1.165) is 11.8 Å². The van der Waals surface area contributed by atoms with Crippen molar-refractivity contribution in [3.63, 3.8) is 0 Å². The van der Waals surface area contributed by atoms with Crippen molar-refractivity contribution >= 4 is 23.3 Å². The smallest absolute Gasteiger partial charge is 0.213 e. The second-order valence-electron chi connectivity index (χ2n) is 0.871. The van der Waals surface area contributed by atoms with Crippen LogP contribution in [0.5, 0.6) is 0 Å². The van der Waals surface area contributed by atoms with Crippen LogP contribution in [0, 0.1) is 0 Å². The molecule has 0 aromatic rings. The zero-order valence-corrected chi connectivity index (χ0v) is 5.10. The Morgan fingerprint density at radius 3 is 2.75 bits per heavy atom. The minimum Gasteiger partial charge on any atom is -0.409 e. The summed E-state index contributed by atoms with van der Waals surface area (Å²) < 4.78 is 0. The van der Waals surface area contributed by atoms with E-state index in [1.165, 1.54) is 0 Å². The van der Waals surface area contributed by atoms with Gasteiger partial charge in [0.15, 0.2) is 0 Å². The van der Waals surface area contributed by atoms with Crippen LogP contribution in [0.3, 0.4) is 0 Å². The fourth-order valence-electron chi connectivity index (χ4n) is 0.179. The Labute approximate surface area is 50.9 Å². The predicted octanol–water partition coefficient (Wildman–Crippen LogP) is -0.159. The van der Waals surface area contributed by atoms with Gasteiger partial charge in [-0.2, -0.15) is 0 Å². The topological polar surface area (TPSA) is 61.7 Å². The van der Waals surface area contributed by atoms with Crippen molar-refractivity contribution in [1.29, 1.82) is 0 Å². The fourth-order valence-corrected chi connectivity index (χ4v) is 0.427. The summed E-state index contributed by atoms with van der Waals surface area (Å²) >= 11 is 1.15. The highest BCUT2D eigenvalue weighted by molar-refractivity contribution is 8.13. The Kier molecular flexibility index (Phi) is 4.05. The molecule has 0 aromatic heterocycles. The standard InChI is InChI=1S/C3H6N2O2S/c1-8-3(5-7)4-2-6/h2,7H,1H3,(H,4,5,6). The van der Waals surface area contributed by atoms with Crippen LogP contribution in [0.15, 0.2) is 5.16 Å². The zero-order chi connectivity index (χ0) is 6.41. The SMILES string of the molecule is CS/C(=N\O)NC=O. The molecule has 0 aliphatic heterocycles. The molecule has 0 aliphatic rings. The maximum absolute atomic E-state index is 9.62. The number of hydrogen-bond donors (Lipinski definition) is 2. The Morgan fingerprint density at radius 2 is 2.62 bits per heavy atom. The summed E-state index contributed by atoms with van der Waals surface area (Å²) in [6.45, 7) is 0. The van der Waals surface area contributed by atoms with E-state index >= 15 is 0 Å². The lowest BCUT2D eigenvalue weighted by Crippen LogP contribution is -2.17. The molecule has 0 aliphatic carbocycles. The summed E-state index contributed by atoms with van der Waals surface area (Å²) in [6.07, 6.45) is 2.14. The van der Waals surface area contributed by atoms with Gasteiger partial charge in [-0.25, -0.2) is 0 Å². The Bertz CT molecular complexity index is 103. The van der Waals surface area contributed by atoms with Gasteiger partial charge in [0.25, 0.3) is 0 Å². The van der Waals surface area contributed by atoms with E-state index in [0.29, 0.717) is 6.41 Å². The average Bonchev–Trinajstić information content (AvgIpc) is 1.83. The number of nitrogens with zero attached hydrogens (tertiary/aromatic N) is 1. The molecule has 0 fully saturated rings. The van der Waals surface area contributed by atoms with E-state index in [1.807, 2.05) is 0 Å². The number of thioether (sulfide) groups is 1. The van der Waals surface area contributed by atoms with E-state index in [-0.39, 0.29) is 5.17 Å². The van der Waals surface area contributed by atoms with E-state index in [2.05, 4.69) is 10.5 Å². The number of carbonyl (C=O) groups is 1. The van der Waals surface area contributed by atoms with Gasteiger partial charge in [0.05, 0.1) is 0 Å². The normalized spacial score (nSPS) is 10.9. The summed E-state index contributed by atoms with van der Waals surface area (Å²) in [5, 5.41) is 13.1. The summed E-state index contributed by atoms with van der Waals surface area (Å²) in [5.74, 6) is 0. The molecule has 4 nitrogen and oxygen atoms in total. The van der Waals surface area contributed by atoms with Gasteiger partial charge >= 0.3 is 0 Å². The Hall–Kier alpha value is -0.710. The largest absolute Gasteiger partial charge is 0.409 e. The molecule has 8 heavy (non-hydrogen) atoms. The first-order valence-corrected chi connectivity index (χ1v) is 3.04. The number of amides is 1. The molecule has 0 saturated carbocycles. The molecule has 0 saturated heterocycles. The van der Waals surface area contributed by atoms with Crippen LogP contribution in [0.4, 0.5) is 0 Å². The number of carbonyl (C=O) groups excluding carboxylic acids is 1. The molecule has 0 radical (unpaired) electrons. The van der Waals surface area contributed by atoms with E-state index < -0.39 is 0 Å². The van der Waals surface area contributed by atoms with Crippen molar-refractivity contribution in [2.24, 2.45) is 5.16 Å². The van der Waals surface area contributed by atoms with Crippen LogP contribution in [0.1, 0.15) is 0 Å². The van der Waals surface area contributed by atoms with Crippen LogP contribution < -0.4 is 5.32 Å². The van der Waals surface area contributed by atoms with Gasteiger partial charge in [-0.1, -0.05) is 16.9 Å². The number of amidine groups is 1. The van der Waals surface area contributed by atoms with Crippen molar-refractivity contribution < 1.29 is 10.0 Å². The number of oxime groups is 1. The minimum absolute atomic E-state index is 0.194. The van der Waals surface area contributed by atoms with Crippen molar-refractivity contribution in [3.05, 3.63) is 0 Å². The van der Waals surface area contributed by atoms with E-state index in [1.54, 1.807) is 6.26 Å². The zero-order valence-electron chi connectivity index (χ0n) is 4.29. The first kappa shape index (κ1) is 7.29. The highest BCUT2D eigenvalue weighted by Gasteiger charge is 1.89. The summed E-state index contributed by atoms with van der Waals surface area (Å²) in [4.78, 5) is 9.62. The molecule has 0 spiro atoms. The van der Waals surface area contributed by atoms with Gasteiger partial charge in [-0.15, -0.1) is 0 Å². The van der Waals surface area contributed by atoms with Gasteiger partial charge in [0.1, 0.15) is 0 Å². The fraction of sp³-hybridized carbons (Fsp3) is 0.333. The molecule has 5 heteroatoms. The van der Waals surface area contributed by atoms with Crippen LogP contribution in [0.25, 0.3) is 0 Å². The first-order valence-electron chi connectivity index (χ1n) is 1.81. The first-order chi connectivity index (χ1) is 3.85. The third-order valence-electron chi connectivity index (χ3n) is 0.467. The summed E-state index contributed by atoms with van der Waals surface area (Å²) in [6, 6.07) is 0. The molecule has 0 atom stereocenters. The maximum atomic E-state index is 9.62. The summed E-state index contributed by atoms with van der Waals surface area (Å²) in [5.41, 5.74) is 0.